The van der Waals surface area contributed by atoms with Crippen molar-refractivity contribution in [2.24, 2.45) is 0 Å². The summed E-state index contributed by atoms with van der Waals surface area (Å²) in [6.45, 7) is 1.55. The van der Waals surface area contributed by atoms with Crippen LogP contribution in [0.1, 0.15) is 21.7 Å². The van der Waals surface area contributed by atoms with Crippen LogP contribution in [0.4, 0.5) is 5.69 Å². The van der Waals surface area contributed by atoms with Crippen molar-refractivity contribution in [2.45, 2.75) is 13.0 Å². The number of methoxy groups -OCH3 is 2. The maximum absolute atomic E-state index is 12.4. The van der Waals surface area contributed by atoms with Crippen LogP contribution in [0.15, 0.2) is 18.2 Å². The first-order valence-electron chi connectivity index (χ1n) is 7.03. The molecule has 7 heteroatoms. The molecule has 0 fully saturated rings. The van der Waals surface area contributed by atoms with Crippen LogP contribution in [0.2, 0.25) is 0 Å². The van der Waals surface area contributed by atoms with E-state index in [4.69, 9.17) is 9.47 Å². The Hall–Kier alpha value is -2.54. The second kappa shape index (κ2) is 6.07. The van der Waals surface area contributed by atoms with Crippen molar-refractivity contribution in [1.29, 1.82) is 0 Å². The first-order valence-corrected chi connectivity index (χ1v) is 7.03. The van der Waals surface area contributed by atoms with Crippen molar-refractivity contribution in [1.82, 2.24) is 15.5 Å². The van der Waals surface area contributed by atoms with Gasteiger partial charge in [0.15, 0.2) is 17.2 Å². The molecular formula is C15H18N4O3. The highest BCUT2D eigenvalue weighted by Crippen LogP contribution is 2.30. The van der Waals surface area contributed by atoms with Crippen LogP contribution in [-0.2, 0) is 13.0 Å². The molecule has 1 aliphatic rings. The lowest BCUT2D eigenvalue weighted by Gasteiger charge is -2.13. The minimum absolute atomic E-state index is 0.242. The molecule has 1 aromatic heterocycles. The summed E-state index contributed by atoms with van der Waals surface area (Å²) >= 11 is 0. The van der Waals surface area contributed by atoms with Gasteiger partial charge in [-0.3, -0.25) is 9.89 Å². The molecule has 1 amide bonds. The first kappa shape index (κ1) is 14.4. The average molecular weight is 302 g/mol. The Morgan fingerprint density at radius 2 is 2.09 bits per heavy atom. The summed E-state index contributed by atoms with van der Waals surface area (Å²) in [6, 6.07) is 5.22. The zero-order valence-corrected chi connectivity index (χ0v) is 12.5. The van der Waals surface area contributed by atoms with Gasteiger partial charge in [-0.2, -0.15) is 5.10 Å². The zero-order chi connectivity index (χ0) is 15.5. The molecule has 0 spiro atoms. The molecule has 0 bridgehead atoms. The molecule has 0 unspecified atom stereocenters. The third-order valence-electron chi connectivity index (χ3n) is 3.66. The Labute approximate surface area is 128 Å². The fourth-order valence-corrected chi connectivity index (χ4v) is 2.52. The molecule has 0 saturated heterocycles. The van der Waals surface area contributed by atoms with E-state index >= 15 is 0 Å². The number of rotatable bonds is 4. The molecule has 0 saturated carbocycles. The van der Waals surface area contributed by atoms with Crippen LogP contribution in [0.3, 0.4) is 0 Å². The number of anilines is 1. The number of aromatic amines is 1. The minimum atomic E-state index is -0.242. The summed E-state index contributed by atoms with van der Waals surface area (Å²) < 4.78 is 10.4. The van der Waals surface area contributed by atoms with Gasteiger partial charge in [0.2, 0.25) is 0 Å². The predicted molar refractivity (Wildman–Crippen MR) is 81.5 cm³/mol. The molecule has 0 radical (unpaired) electrons. The maximum atomic E-state index is 12.4. The fraction of sp³-hybridized carbons (Fsp3) is 0.333. The maximum Gasteiger partial charge on any atom is 0.276 e. The van der Waals surface area contributed by atoms with Crippen molar-refractivity contribution in [3.05, 3.63) is 35.2 Å². The van der Waals surface area contributed by atoms with E-state index in [1.54, 1.807) is 32.4 Å². The van der Waals surface area contributed by atoms with Crippen LogP contribution in [0.5, 0.6) is 11.5 Å². The molecule has 1 aromatic carbocycles. The summed E-state index contributed by atoms with van der Waals surface area (Å²) in [5, 5.41) is 13.2. The van der Waals surface area contributed by atoms with E-state index in [1.807, 2.05) is 0 Å². The van der Waals surface area contributed by atoms with E-state index in [2.05, 4.69) is 20.8 Å². The molecular weight excluding hydrogens is 284 g/mol. The van der Waals surface area contributed by atoms with Gasteiger partial charge in [-0.1, -0.05) is 0 Å². The van der Waals surface area contributed by atoms with Gasteiger partial charge in [-0.05, 0) is 12.1 Å². The quantitative estimate of drug-likeness (QED) is 0.793. The number of carbonyl (C=O) groups is 1. The van der Waals surface area contributed by atoms with Crippen LogP contribution < -0.4 is 20.1 Å². The third-order valence-corrected chi connectivity index (χ3v) is 3.66. The topological polar surface area (TPSA) is 88.3 Å². The number of H-pyrrole nitrogens is 1. The third kappa shape index (κ3) is 2.62. The van der Waals surface area contributed by atoms with Crippen molar-refractivity contribution in [3.8, 4) is 11.5 Å². The standard InChI is InChI=1S/C15H18N4O3/c1-21-12-4-3-9(7-13(12)22-2)17-15(20)14-10-8-16-6-5-11(10)18-19-14/h3-4,7,16H,5-6,8H2,1-2H3,(H,17,20)(H,18,19). The Morgan fingerprint density at radius 1 is 1.27 bits per heavy atom. The number of nitrogens with one attached hydrogen (secondary N) is 3. The van der Waals surface area contributed by atoms with Crippen molar-refractivity contribution in [3.63, 3.8) is 0 Å². The summed E-state index contributed by atoms with van der Waals surface area (Å²) in [5.41, 5.74) is 3.01. The van der Waals surface area contributed by atoms with Crippen molar-refractivity contribution >= 4 is 11.6 Å². The second-order valence-electron chi connectivity index (χ2n) is 4.98. The van der Waals surface area contributed by atoms with Gasteiger partial charge in [0.05, 0.1) is 14.2 Å². The number of hydrogen-bond acceptors (Lipinski definition) is 5. The second-order valence-corrected chi connectivity index (χ2v) is 4.98. The van der Waals surface area contributed by atoms with Crippen LogP contribution in [0, 0.1) is 0 Å². The fourth-order valence-electron chi connectivity index (χ4n) is 2.52. The van der Waals surface area contributed by atoms with E-state index in [1.165, 1.54) is 0 Å². The largest absolute Gasteiger partial charge is 0.493 e. The predicted octanol–water partition coefficient (Wildman–Crippen LogP) is 1.32. The molecule has 0 aliphatic carbocycles. The molecule has 2 aromatic rings. The monoisotopic (exact) mass is 302 g/mol. The van der Waals surface area contributed by atoms with Crippen molar-refractivity contribution in [2.75, 3.05) is 26.1 Å². The lowest BCUT2D eigenvalue weighted by Crippen LogP contribution is -2.25. The Morgan fingerprint density at radius 3 is 2.86 bits per heavy atom. The first-order chi connectivity index (χ1) is 10.7. The number of fused-ring (bicyclic) bond motifs is 1. The summed E-state index contributed by atoms with van der Waals surface area (Å²) in [6.07, 6.45) is 0.853. The van der Waals surface area contributed by atoms with E-state index in [0.29, 0.717) is 29.4 Å². The van der Waals surface area contributed by atoms with Gasteiger partial charge in [-0.25, -0.2) is 0 Å². The highest BCUT2D eigenvalue weighted by atomic mass is 16.5. The lowest BCUT2D eigenvalue weighted by molar-refractivity contribution is 0.102. The van der Waals surface area contributed by atoms with Gasteiger partial charge in [-0.15, -0.1) is 0 Å². The number of carbonyl (C=O) groups excluding carboxylic acids is 1. The Kier molecular flexibility index (Phi) is 3.97. The van der Waals surface area contributed by atoms with Gasteiger partial charge < -0.3 is 20.1 Å². The van der Waals surface area contributed by atoms with Gasteiger partial charge in [0, 0.05) is 42.5 Å². The molecule has 3 rings (SSSR count). The Bertz CT molecular complexity index is 696. The highest BCUT2D eigenvalue weighted by Gasteiger charge is 2.21. The molecule has 116 valence electrons. The number of benzene rings is 1. The van der Waals surface area contributed by atoms with E-state index in [-0.39, 0.29) is 5.91 Å². The summed E-state index contributed by atoms with van der Waals surface area (Å²) in [5.74, 6) is 0.932. The number of nitrogens with zero attached hydrogens (tertiary/aromatic N) is 1. The van der Waals surface area contributed by atoms with Crippen LogP contribution in [0.25, 0.3) is 0 Å². The normalized spacial score (nSPS) is 13.4. The molecule has 3 N–H and O–H groups in total. The summed E-state index contributed by atoms with van der Waals surface area (Å²) in [4.78, 5) is 12.4. The number of amides is 1. The Balaban J connectivity index is 1.81. The van der Waals surface area contributed by atoms with Crippen LogP contribution in [-0.4, -0.2) is 36.9 Å². The lowest BCUT2D eigenvalue weighted by atomic mass is 10.1. The van der Waals surface area contributed by atoms with E-state index in [9.17, 15) is 4.79 Å². The number of aromatic nitrogens is 2. The minimum Gasteiger partial charge on any atom is -0.493 e. The van der Waals surface area contributed by atoms with Crippen molar-refractivity contribution < 1.29 is 14.3 Å². The molecule has 7 nitrogen and oxygen atoms in total. The van der Waals surface area contributed by atoms with Gasteiger partial charge >= 0.3 is 0 Å². The average Bonchev–Trinajstić information content (AvgIpc) is 2.98. The number of hydrogen-bond donors (Lipinski definition) is 3. The molecule has 1 aliphatic heterocycles. The van der Waals surface area contributed by atoms with E-state index in [0.717, 1.165) is 24.2 Å². The van der Waals surface area contributed by atoms with E-state index < -0.39 is 0 Å². The van der Waals surface area contributed by atoms with Gasteiger partial charge in [0.25, 0.3) is 5.91 Å². The molecule has 2 heterocycles. The van der Waals surface area contributed by atoms with Crippen LogP contribution >= 0.6 is 0 Å². The SMILES string of the molecule is COc1ccc(NC(=O)c2n[nH]c3c2CNCC3)cc1OC. The number of ether oxygens (including phenoxy) is 2. The molecule has 0 atom stereocenters. The molecule has 22 heavy (non-hydrogen) atoms. The highest BCUT2D eigenvalue weighted by molar-refractivity contribution is 6.04. The van der Waals surface area contributed by atoms with Gasteiger partial charge in [0.1, 0.15) is 0 Å². The summed E-state index contributed by atoms with van der Waals surface area (Å²) in [7, 11) is 3.12. The smallest absolute Gasteiger partial charge is 0.276 e. The zero-order valence-electron chi connectivity index (χ0n) is 12.5.